The molecule has 0 aromatic carbocycles. The molecule has 0 aliphatic heterocycles. The zero-order valence-electron chi connectivity index (χ0n) is 10.7. The van der Waals surface area contributed by atoms with Gasteiger partial charge in [-0.05, 0) is 57.8 Å². The van der Waals surface area contributed by atoms with E-state index in [9.17, 15) is 0 Å². The Kier molecular flexibility index (Phi) is 3.04. The predicted molar refractivity (Wildman–Crippen MR) is 66.8 cm³/mol. The Morgan fingerprint density at radius 2 is 1.53 bits per heavy atom. The molecule has 0 amide bonds. The number of allylic oxidation sites excluding steroid dienone is 4. The Bertz CT molecular complexity index is 313. The van der Waals surface area contributed by atoms with Crippen LogP contribution >= 0.6 is 0 Å². The first-order valence-electron chi connectivity index (χ1n) is 6.46. The van der Waals surface area contributed by atoms with Crippen LogP contribution in [0.3, 0.4) is 0 Å². The minimum atomic E-state index is 0.849. The highest BCUT2D eigenvalue weighted by Crippen LogP contribution is 2.44. The number of hydrogen-bond acceptors (Lipinski definition) is 0. The number of rotatable bonds is 0. The van der Waals surface area contributed by atoms with E-state index in [0.717, 1.165) is 11.8 Å². The van der Waals surface area contributed by atoms with E-state index in [1.165, 1.54) is 32.1 Å². The quantitative estimate of drug-likeness (QED) is 0.494. The maximum Gasteiger partial charge on any atom is -0.0101 e. The van der Waals surface area contributed by atoms with Crippen LogP contribution in [0.2, 0.25) is 0 Å². The highest BCUT2D eigenvalue weighted by molar-refractivity contribution is 5.32. The maximum absolute atomic E-state index is 2.43. The van der Waals surface area contributed by atoms with Crippen LogP contribution in [0.15, 0.2) is 22.3 Å². The molecule has 0 bridgehead atoms. The molecule has 2 atom stereocenters. The molecule has 0 saturated carbocycles. The molecule has 0 spiro atoms. The Hall–Kier alpha value is -0.520. The molecule has 0 aromatic rings. The van der Waals surface area contributed by atoms with E-state index in [1.807, 2.05) is 5.57 Å². The summed E-state index contributed by atoms with van der Waals surface area (Å²) in [7, 11) is 0. The van der Waals surface area contributed by atoms with Crippen LogP contribution < -0.4 is 0 Å². The van der Waals surface area contributed by atoms with Gasteiger partial charge in [0.05, 0.1) is 0 Å². The lowest BCUT2D eigenvalue weighted by Gasteiger charge is -2.12. The highest BCUT2D eigenvalue weighted by atomic mass is 14.3. The topological polar surface area (TPSA) is 0 Å². The van der Waals surface area contributed by atoms with E-state index in [2.05, 4.69) is 27.7 Å². The van der Waals surface area contributed by atoms with Gasteiger partial charge >= 0.3 is 0 Å². The first-order chi connectivity index (χ1) is 7.09. The smallest absolute Gasteiger partial charge is 0.0101 e. The van der Waals surface area contributed by atoms with Gasteiger partial charge in [0.25, 0.3) is 0 Å². The summed E-state index contributed by atoms with van der Waals surface area (Å²) in [4.78, 5) is 0. The molecule has 0 N–H and O–H groups in total. The van der Waals surface area contributed by atoms with E-state index in [-0.39, 0.29) is 0 Å². The predicted octanol–water partition coefficient (Wildman–Crippen LogP) is 4.87. The second-order valence-electron chi connectivity index (χ2n) is 5.71. The van der Waals surface area contributed by atoms with Crippen LogP contribution in [0.4, 0.5) is 0 Å². The van der Waals surface area contributed by atoms with E-state index >= 15 is 0 Å². The van der Waals surface area contributed by atoms with Crippen molar-refractivity contribution in [2.75, 3.05) is 0 Å². The average molecular weight is 204 g/mol. The first-order valence-corrected chi connectivity index (χ1v) is 6.46. The van der Waals surface area contributed by atoms with E-state index in [0.29, 0.717) is 0 Å². The van der Waals surface area contributed by atoms with Crippen molar-refractivity contribution in [1.29, 1.82) is 0 Å². The van der Waals surface area contributed by atoms with Gasteiger partial charge in [0.15, 0.2) is 0 Å². The summed E-state index contributed by atoms with van der Waals surface area (Å²) in [5.41, 5.74) is 6.91. The summed E-state index contributed by atoms with van der Waals surface area (Å²) < 4.78 is 0. The van der Waals surface area contributed by atoms with Crippen molar-refractivity contribution in [2.45, 2.75) is 59.8 Å². The molecule has 15 heavy (non-hydrogen) atoms. The van der Waals surface area contributed by atoms with Gasteiger partial charge in [0.1, 0.15) is 0 Å². The molecule has 0 saturated heterocycles. The molecule has 0 aromatic heterocycles. The van der Waals surface area contributed by atoms with Gasteiger partial charge in [-0.1, -0.05) is 36.1 Å². The summed E-state index contributed by atoms with van der Waals surface area (Å²) in [5.74, 6) is 1.71. The van der Waals surface area contributed by atoms with Gasteiger partial charge in [0.2, 0.25) is 0 Å². The van der Waals surface area contributed by atoms with Gasteiger partial charge in [-0.25, -0.2) is 0 Å². The Morgan fingerprint density at radius 3 is 2.20 bits per heavy atom. The van der Waals surface area contributed by atoms with E-state index in [4.69, 9.17) is 0 Å². The molecule has 2 unspecified atom stereocenters. The molecular formula is C15H24. The van der Waals surface area contributed by atoms with Gasteiger partial charge in [0, 0.05) is 0 Å². The van der Waals surface area contributed by atoms with Crippen LogP contribution in [0.25, 0.3) is 0 Å². The van der Waals surface area contributed by atoms with Crippen LogP contribution in [-0.2, 0) is 0 Å². The molecule has 2 rings (SSSR count). The average Bonchev–Trinajstić information content (AvgIpc) is 2.43. The minimum absolute atomic E-state index is 0.849. The van der Waals surface area contributed by atoms with Gasteiger partial charge in [-0.3, -0.25) is 0 Å². The lowest BCUT2D eigenvalue weighted by molar-refractivity contribution is 0.585. The third kappa shape index (κ3) is 2.04. The Balaban J connectivity index is 2.32. The first kappa shape index (κ1) is 11.0. The zero-order valence-corrected chi connectivity index (χ0v) is 10.7. The van der Waals surface area contributed by atoms with Crippen molar-refractivity contribution in [1.82, 2.24) is 0 Å². The fraction of sp³-hybridized carbons (Fsp3) is 0.733. The van der Waals surface area contributed by atoms with Crippen molar-refractivity contribution < 1.29 is 0 Å². The van der Waals surface area contributed by atoms with Gasteiger partial charge in [-0.15, -0.1) is 0 Å². The molecular weight excluding hydrogens is 180 g/mol. The molecule has 0 heteroatoms. The maximum atomic E-state index is 2.43. The van der Waals surface area contributed by atoms with Crippen LogP contribution in [-0.4, -0.2) is 0 Å². The second kappa shape index (κ2) is 4.15. The lowest BCUT2D eigenvalue weighted by Crippen LogP contribution is -1.97. The molecule has 0 heterocycles. The third-order valence-electron chi connectivity index (χ3n) is 4.44. The standard InChI is InChI=1S/C15H24/c1-10(2)13-7-5-11(3)14-8-6-12(4)15(14)9-13/h11-12H,5-9H2,1-4H3. The summed E-state index contributed by atoms with van der Waals surface area (Å²) in [5, 5.41) is 0. The van der Waals surface area contributed by atoms with Crippen molar-refractivity contribution in [3.05, 3.63) is 22.3 Å². The van der Waals surface area contributed by atoms with E-state index < -0.39 is 0 Å². The summed E-state index contributed by atoms with van der Waals surface area (Å²) >= 11 is 0. The highest BCUT2D eigenvalue weighted by Gasteiger charge is 2.28. The third-order valence-corrected chi connectivity index (χ3v) is 4.44. The van der Waals surface area contributed by atoms with Crippen molar-refractivity contribution >= 4 is 0 Å². The van der Waals surface area contributed by atoms with Gasteiger partial charge < -0.3 is 0 Å². The fourth-order valence-electron chi connectivity index (χ4n) is 3.18. The molecule has 0 radical (unpaired) electrons. The van der Waals surface area contributed by atoms with Crippen LogP contribution in [0.5, 0.6) is 0 Å². The lowest BCUT2D eigenvalue weighted by atomic mass is 9.94. The SMILES string of the molecule is CC(C)=C1CCC(C)C2=C(C1)C(C)CC2. The molecule has 0 fully saturated rings. The van der Waals surface area contributed by atoms with Gasteiger partial charge in [-0.2, -0.15) is 0 Å². The monoisotopic (exact) mass is 204 g/mol. The summed E-state index contributed by atoms with van der Waals surface area (Å²) in [6.45, 7) is 9.42. The van der Waals surface area contributed by atoms with Crippen molar-refractivity contribution in [2.24, 2.45) is 11.8 Å². The fourth-order valence-corrected chi connectivity index (χ4v) is 3.18. The Labute approximate surface area is 94.5 Å². The van der Waals surface area contributed by atoms with E-state index in [1.54, 1.807) is 16.7 Å². The minimum Gasteiger partial charge on any atom is -0.0769 e. The van der Waals surface area contributed by atoms with Crippen LogP contribution in [0, 0.1) is 11.8 Å². The molecule has 84 valence electrons. The molecule has 2 aliphatic carbocycles. The normalized spacial score (nSPS) is 31.6. The largest absolute Gasteiger partial charge is 0.0769 e. The number of hydrogen-bond donors (Lipinski definition) is 0. The van der Waals surface area contributed by atoms with Crippen molar-refractivity contribution in [3.63, 3.8) is 0 Å². The molecule has 0 nitrogen and oxygen atoms in total. The Morgan fingerprint density at radius 1 is 0.933 bits per heavy atom. The van der Waals surface area contributed by atoms with Crippen molar-refractivity contribution in [3.8, 4) is 0 Å². The van der Waals surface area contributed by atoms with Crippen LogP contribution in [0.1, 0.15) is 59.8 Å². The zero-order chi connectivity index (χ0) is 11.0. The summed E-state index contributed by atoms with van der Waals surface area (Å²) in [6.07, 6.45) is 6.80. The molecule has 2 aliphatic rings. The summed E-state index contributed by atoms with van der Waals surface area (Å²) in [6, 6.07) is 0. The second-order valence-corrected chi connectivity index (χ2v) is 5.71.